The van der Waals surface area contributed by atoms with Gasteiger partial charge in [0.25, 0.3) is 5.91 Å². The molecular formula is C14H17ClF3NO4S. The largest absolute Gasteiger partial charge is 0.426 e. The average molecular weight is 388 g/mol. The molecule has 0 aliphatic rings. The van der Waals surface area contributed by atoms with E-state index in [1.807, 2.05) is 5.32 Å². The molecule has 0 aromatic heterocycles. The molecule has 0 saturated carbocycles. The number of carbonyl (C=O) groups is 1. The number of rotatable bonds is 5. The predicted molar refractivity (Wildman–Crippen MR) is 83.7 cm³/mol. The normalized spacial score (nSPS) is 15.2. The first-order valence-corrected chi connectivity index (χ1v) is 8.84. The first kappa shape index (κ1) is 20.7. The molecule has 10 heteroatoms. The van der Waals surface area contributed by atoms with Crippen molar-refractivity contribution in [3.63, 3.8) is 0 Å². The zero-order valence-corrected chi connectivity index (χ0v) is 14.7. The lowest BCUT2D eigenvalue weighted by Crippen LogP contribution is -2.52. The van der Waals surface area contributed by atoms with Gasteiger partial charge in [0.15, 0.2) is 9.84 Å². The van der Waals surface area contributed by atoms with Crippen molar-refractivity contribution >= 4 is 33.0 Å². The molecule has 1 amide bonds. The molecule has 1 aromatic rings. The number of hydrogen-bond donors (Lipinski definition) is 2. The SMILES string of the molecule is CC(C)CS(=O)(=O)c1ccc(NC(=O)[C@@](C)(O)C(F)(F)F)c(Cl)c1. The van der Waals surface area contributed by atoms with Crippen molar-refractivity contribution in [3.05, 3.63) is 23.2 Å². The summed E-state index contributed by atoms with van der Waals surface area (Å²) < 4.78 is 62.0. The van der Waals surface area contributed by atoms with E-state index in [2.05, 4.69) is 0 Å². The zero-order valence-electron chi connectivity index (χ0n) is 13.1. The van der Waals surface area contributed by atoms with E-state index in [9.17, 15) is 31.5 Å². The number of sulfone groups is 1. The molecule has 0 unspecified atom stereocenters. The summed E-state index contributed by atoms with van der Waals surface area (Å²) in [6, 6.07) is 3.23. The predicted octanol–water partition coefficient (Wildman–Crippen LogP) is 3.02. The van der Waals surface area contributed by atoms with Crippen molar-refractivity contribution in [1.82, 2.24) is 0 Å². The van der Waals surface area contributed by atoms with Gasteiger partial charge in [0.1, 0.15) is 0 Å². The van der Waals surface area contributed by atoms with Crippen LogP contribution in [0.3, 0.4) is 0 Å². The number of alkyl halides is 3. The Kier molecular flexibility index (Phi) is 5.95. The minimum Gasteiger partial charge on any atom is -0.373 e. The molecule has 0 aliphatic carbocycles. The second kappa shape index (κ2) is 6.89. The minimum atomic E-state index is -5.18. The Hall–Kier alpha value is -1.32. The Morgan fingerprint density at radius 3 is 2.29 bits per heavy atom. The van der Waals surface area contributed by atoms with Gasteiger partial charge in [0.05, 0.1) is 21.4 Å². The zero-order chi connectivity index (χ0) is 18.9. The molecule has 0 bridgehead atoms. The van der Waals surface area contributed by atoms with E-state index < -0.39 is 27.5 Å². The van der Waals surface area contributed by atoms with Crippen LogP contribution < -0.4 is 5.32 Å². The van der Waals surface area contributed by atoms with Gasteiger partial charge in [0, 0.05) is 0 Å². The highest BCUT2D eigenvalue weighted by atomic mass is 35.5. The number of benzene rings is 1. The van der Waals surface area contributed by atoms with Gasteiger partial charge in [-0.2, -0.15) is 13.2 Å². The van der Waals surface area contributed by atoms with Gasteiger partial charge in [-0.3, -0.25) is 4.79 Å². The van der Waals surface area contributed by atoms with Crippen molar-refractivity contribution in [3.8, 4) is 0 Å². The molecule has 1 aromatic carbocycles. The van der Waals surface area contributed by atoms with Crippen LogP contribution in [0.4, 0.5) is 18.9 Å². The van der Waals surface area contributed by atoms with Crippen molar-refractivity contribution in [2.45, 2.75) is 37.4 Å². The molecule has 0 spiro atoms. The smallest absolute Gasteiger partial charge is 0.373 e. The van der Waals surface area contributed by atoms with E-state index in [4.69, 9.17) is 11.6 Å². The van der Waals surface area contributed by atoms with Crippen LogP contribution in [0.5, 0.6) is 0 Å². The average Bonchev–Trinajstić information content (AvgIpc) is 2.37. The summed E-state index contributed by atoms with van der Waals surface area (Å²) in [6.45, 7) is 3.73. The summed E-state index contributed by atoms with van der Waals surface area (Å²) in [6.07, 6.45) is -5.18. The number of anilines is 1. The summed E-state index contributed by atoms with van der Waals surface area (Å²) in [5, 5.41) is 10.9. The number of nitrogens with one attached hydrogen (secondary N) is 1. The molecule has 5 nitrogen and oxygen atoms in total. The molecule has 0 radical (unpaired) electrons. The summed E-state index contributed by atoms with van der Waals surface area (Å²) in [7, 11) is -3.61. The molecule has 0 saturated heterocycles. The first-order chi connectivity index (χ1) is 10.7. The van der Waals surface area contributed by atoms with Crippen molar-refractivity contribution < 1.29 is 31.5 Å². The summed E-state index contributed by atoms with van der Waals surface area (Å²) in [5.41, 5.74) is -3.85. The third kappa shape index (κ3) is 4.61. The van der Waals surface area contributed by atoms with Crippen LogP contribution in [0.25, 0.3) is 0 Å². The maximum absolute atomic E-state index is 12.6. The molecule has 24 heavy (non-hydrogen) atoms. The van der Waals surface area contributed by atoms with Crippen molar-refractivity contribution in [2.75, 3.05) is 11.1 Å². The maximum atomic E-state index is 12.6. The molecule has 136 valence electrons. The van der Waals surface area contributed by atoms with Crippen LogP contribution in [0.15, 0.2) is 23.1 Å². The van der Waals surface area contributed by atoms with Crippen LogP contribution in [0.1, 0.15) is 20.8 Å². The lowest BCUT2D eigenvalue weighted by Gasteiger charge is -2.25. The van der Waals surface area contributed by atoms with Gasteiger partial charge in [-0.1, -0.05) is 25.4 Å². The van der Waals surface area contributed by atoms with Gasteiger partial charge in [-0.25, -0.2) is 8.42 Å². The highest BCUT2D eigenvalue weighted by Crippen LogP contribution is 2.32. The molecule has 0 fully saturated rings. The van der Waals surface area contributed by atoms with E-state index in [0.29, 0.717) is 6.92 Å². The molecular weight excluding hydrogens is 371 g/mol. The van der Waals surface area contributed by atoms with Gasteiger partial charge in [-0.05, 0) is 31.0 Å². The molecule has 2 N–H and O–H groups in total. The Morgan fingerprint density at radius 1 is 1.33 bits per heavy atom. The summed E-state index contributed by atoms with van der Waals surface area (Å²) >= 11 is 5.84. The number of hydrogen-bond acceptors (Lipinski definition) is 4. The van der Waals surface area contributed by atoms with E-state index in [1.54, 1.807) is 13.8 Å². The second-order valence-corrected chi connectivity index (χ2v) is 8.28. The van der Waals surface area contributed by atoms with E-state index in [-0.39, 0.29) is 27.3 Å². The number of carbonyl (C=O) groups excluding carboxylic acids is 1. The van der Waals surface area contributed by atoms with Gasteiger partial charge in [0.2, 0.25) is 5.60 Å². The van der Waals surface area contributed by atoms with Crippen molar-refractivity contribution in [2.24, 2.45) is 5.92 Å². The Balaban J connectivity index is 3.08. The topological polar surface area (TPSA) is 83.5 Å². The third-order valence-electron chi connectivity index (χ3n) is 3.09. The van der Waals surface area contributed by atoms with Crippen LogP contribution in [0, 0.1) is 5.92 Å². The first-order valence-electron chi connectivity index (χ1n) is 6.81. The minimum absolute atomic E-state index is 0.109. The lowest BCUT2D eigenvalue weighted by atomic mass is 10.1. The fourth-order valence-electron chi connectivity index (χ4n) is 1.70. The molecule has 0 heterocycles. The Labute approximate surface area is 142 Å². The Bertz CT molecular complexity index is 730. The fourth-order valence-corrected chi connectivity index (χ4v) is 3.63. The van der Waals surface area contributed by atoms with E-state index in [0.717, 1.165) is 18.2 Å². The quantitative estimate of drug-likeness (QED) is 0.813. The van der Waals surface area contributed by atoms with Crippen LogP contribution in [-0.2, 0) is 14.6 Å². The van der Waals surface area contributed by atoms with E-state index >= 15 is 0 Å². The molecule has 1 rings (SSSR count). The van der Waals surface area contributed by atoms with Gasteiger partial charge in [-0.15, -0.1) is 0 Å². The lowest BCUT2D eigenvalue weighted by molar-refractivity contribution is -0.242. The highest BCUT2D eigenvalue weighted by molar-refractivity contribution is 7.91. The summed E-state index contributed by atoms with van der Waals surface area (Å²) in [5.74, 6) is -1.98. The fraction of sp³-hybridized carbons (Fsp3) is 0.500. The number of halogens is 4. The van der Waals surface area contributed by atoms with Crippen LogP contribution >= 0.6 is 11.6 Å². The van der Waals surface area contributed by atoms with Gasteiger partial charge >= 0.3 is 6.18 Å². The van der Waals surface area contributed by atoms with E-state index in [1.165, 1.54) is 0 Å². The summed E-state index contributed by atoms with van der Waals surface area (Å²) in [4.78, 5) is 11.5. The van der Waals surface area contributed by atoms with Crippen LogP contribution in [0.2, 0.25) is 5.02 Å². The van der Waals surface area contributed by atoms with Crippen molar-refractivity contribution in [1.29, 1.82) is 0 Å². The molecule has 0 aliphatic heterocycles. The standard InChI is InChI=1S/C14H17ClF3NO4S/c1-8(2)7-24(22,23)9-4-5-11(10(15)6-9)19-12(20)13(3,21)14(16,17)18/h4-6,8,21H,7H2,1-3H3,(H,19,20)/t13-/m1/s1. The monoisotopic (exact) mass is 387 g/mol. The number of aliphatic hydroxyl groups is 1. The highest BCUT2D eigenvalue weighted by Gasteiger charge is 2.55. The second-order valence-electron chi connectivity index (χ2n) is 5.84. The third-order valence-corrected chi connectivity index (χ3v) is 5.49. The Morgan fingerprint density at radius 2 is 1.88 bits per heavy atom. The number of amides is 1. The molecule has 1 atom stereocenters. The van der Waals surface area contributed by atoms with Gasteiger partial charge < -0.3 is 10.4 Å². The maximum Gasteiger partial charge on any atom is 0.426 e. The van der Waals surface area contributed by atoms with Crippen LogP contribution in [-0.4, -0.2) is 37.0 Å².